The zero-order valence-corrected chi connectivity index (χ0v) is 14.5. The lowest BCUT2D eigenvalue weighted by molar-refractivity contribution is -0.141. The molecule has 1 aromatic carbocycles. The quantitative estimate of drug-likeness (QED) is 0.835. The van der Waals surface area contributed by atoms with Gasteiger partial charge in [0.05, 0.1) is 18.8 Å². The van der Waals surface area contributed by atoms with Crippen LogP contribution < -0.4 is 10.2 Å². The molecule has 1 aromatic rings. The minimum absolute atomic E-state index is 0. The number of carbonyl (C=O) groups excluding carboxylic acids is 2. The molecule has 2 saturated heterocycles. The number of nitrogens with one attached hydrogen (secondary N) is 1. The maximum atomic E-state index is 13.8. The molecule has 2 fully saturated rings. The molecule has 138 valence electrons. The van der Waals surface area contributed by atoms with Crippen molar-refractivity contribution in [1.29, 1.82) is 0 Å². The maximum absolute atomic E-state index is 13.8. The second-order valence-corrected chi connectivity index (χ2v) is 5.96. The van der Waals surface area contributed by atoms with Crippen LogP contribution in [0.2, 0.25) is 0 Å². The van der Waals surface area contributed by atoms with Gasteiger partial charge in [0.1, 0.15) is 11.6 Å². The number of hydrogen-bond donors (Lipinski definition) is 1. The summed E-state index contributed by atoms with van der Waals surface area (Å²) >= 11 is 0. The van der Waals surface area contributed by atoms with E-state index < -0.39 is 11.6 Å². The first kappa shape index (κ1) is 19.4. The molecule has 2 aliphatic heterocycles. The summed E-state index contributed by atoms with van der Waals surface area (Å²) in [6, 6.07) is 3.37. The fraction of sp³-hybridized carbons (Fsp3) is 0.500. The molecule has 0 aromatic heterocycles. The van der Waals surface area contributed by atoms with Crippen molar-refractivity contribution < 1.29 is 18.4 Å². The summed E-state index contributed by atoms with van der Waals surface area (Å²) in [7, 11) is 0. The molecular formula is C16H21ClF2N4O2. The fourth-order valence-electron chi connectivity index (χ4n) is 3.00. The highest BCUT2D eigenvalue weighted by atomic mass is 35.5. The van der Waals surface area contributed by atoms with E-state index in [0.717, 1.165) is 12.1 Å². The molecule has 6 nitrogen and oxygen atoms in total. The summed E-state index contributed by atoms with van der Waals surface area (Å²) in [6.45, 7) is 3.27. The van der Waals surface area contributed by atoms with Crippen molar-refractivity contribution in [1.82, 2.24) is 15.1 Å². The van der Waals surface area contributed by atoms with E-state index in [2.05, 4.69) is 5.32 Å². The van der Waals surface area contributed by atoms with Crippen molar-refractivity contribution in [3.05, 3.63) is 29.8 Å². The maximum Gasteiger partial charge on any atom is 0.242 e. The van der Waals surface area contributed by atoms with Gasteiger partial charge in [0.25, 0.3) is 0 Å². The topological polar surface area (TPSA) is 55.9 Å². The first-order valence-corrected chi connectivity index (χ1v) is 8.01. The number of nitrogens with zero attached hydrogens (tertiary/aromatic N) is 3. The molecular weight excluding hydrogens is 354 g/mol. The van der Waals surface area contributed by atoms with E-state index in [4.69, 9.17) is 0 Å². The molecule has 0 bridgehead atoms. The Morgan fingerprint density at radius 1 is 1.12 bits per heavy atom. The summed E-state index contributed by atoms with van der Waals surface area (Å²) in [5, 5.41) is 2.96. The van der Waals surface area contributed by atoms with Crippen LogP contribution in [-0.4, -0.2) is 74.0 Å². The standard InChI is InChI=1S/C16H20F2N4O2.ClH/c17-12-1-2-13(18)14(9-12)20-5-7-21(8-6-20)16(24)11-22-4-3-19-10-15(22)23;/h1-2,9,19H,3-8,10-11H2;1H. The van der Waals surface area contributed by atoms with Crippen molar-refractivity contribution in [2.24, 2.45) is 0 Å². The third kappa shape index (κ3) is 4.58. The first-order valence-electron chi connectivity index (χ1n) is 8.01. The van der Waals surface area contributed by atoms with E-state index in [1.54, 1.807) is 14.7 Å². The smallest absolute Gasteiger partial charge is 0.242 e. The molecule has 0 aliphatic carbocycles. The lowest BCUT2D eigenvalue weighted by Gasteiger charge is -2.37. The van der Waals surface area contributed by atoms with Crippen LogP contribution in [0.25, 0.3) is 0 Å². The van der Waals surface area contributed by atoms with Crippen LogP contribution in [-0.2, 0) is 9.59 Å². The molecule has 0 spiro atoms. The highest BCUT2D eigenvalue weighted by Gasteiger charge is 2.26. The normalized spacial score (nSPS) is 18.2. The highest BCUT2D eigenvalue weighted by Crippen LogP contribution is 2.22. The third-order valence-corrected chi connectivity index (χ3v) is 4.39. The van der Waals surface area contributed by atoms with Gasteiger partial charge in [-0.05, 0) is 12.1 Å². The van der Waals surface area contributed by atoms with Crippen molar-refractivity contribution in [3.63, 3.8) is 0 Å². The summed E-state index contributed by atoms with van der Waals surface area (Å²) < 4.78 is 27.1. The number of benzene rings is 1. The number of anilines is 1. The Bertz CT molecular complexity index is 639. The minimum Gasteiger partial charge on any atom is -0.366 e. The van der Waals surface area contributed by atoms with Gasteiger partial charge in [0.15, 0.2) is 0 Å². The Balaban J connectivity index is 0.00000225. The largest absolute Gasteiger partial charge is 0.366 e. The van der Waals surface area contributed by atoms with E-state index in [0.29, 0.717) is 39.3 Å². The molecule has 9 heteroatoms. The van der Waals surface area contributed by atoms with Gasteiger partial charge in [0, 0.05) is 45.3 Å². The van der Waals surface area contributed by atoms with Gasteiger partial charge < -0.3 is 20.0 Å². The Labute approximate surface area is 151 Å². The molecule has 2 aliphatic rings. The fourth-order valence-corrected chi connectivity index (χ4v) is 3.00. The minimum atomic E-state index is -0.484. The predicted octanol–water partition coefficient (Wildman–Crippen LogP) is 0.467. The van der Waals surface area contributed by atoms with Gasteiger partial charge in [0.2, 0.25) is 11.8 Å². The lowest BCUT2D eigenvalue weighted by atomic mass is 10.2. The van der Waals surface area contributed by atoms with E-state index in [1.807, 2.05) is 0 Å². The summed E-state index contributed by atoms with van der Waals surface area (Å²) in [5.41, 5.74) is 0.222. The number of carbonyl (C=O) groups is 2. The molecule has 0 unspecified atom stereocenters. The van der Waals surface area contributed by atoms with Gasteiger partial charge in [-0.2, -0.15) is 0 Å². The first-order chi connectivity index (χ1) is 11.5. The average molecular weight is 375 g/mol. The van der Waals surface area contributed by atoms with Gasteiger partial charge in [-0.15, -0.1) is 12.4 Å². The molecule has 0 atom stereocenters. The average Bonchev–Trinajstić information content (AvgIpc) is 2.59. The molecule has 1 N–H and O–H groups in total. The number of rotatable bonds is 3. The molecule has 25 heavy (non-hydrogen) atoms. The monoisotopic (exact) mass is 374 g/mol. The van der Waals surface area contributed by atoms with Crippen molar-refractivity contribution >= 4 is 29.9 Å². The lowest BCUT2D eigenvalue weighted by Crippen LogP contribution is -2.55. The molecule has 0 radical (unpaired) electrons. The van der Waals surface area contributed by atoms with Crippen LogP contribution in [0, 0.1) is 11.6 Å². The van der Waals surface area contributed by atoms with Crippen molar-refractivity contribution in [2.45, 2.75) is 0 Å². The Hall–Kier alpha value is -1.93. The predicted molar refractivity (Wildman–Crippen MR) is 91.8 cm³/mol. The Kier molecular flexibility index (Phi) is 6.55. The zero-order valence-electron chi connectivity index (χ0n) is 13.7. The molecule has 2 amide bonds. The van der Waals surface area contributed by atoms with Crippen LogP contribution in [0.4, 0.5) is 14.5 Å². The van der Waals surface area contributed by atoms with Crippen molar-refractivity contribution in [2.75, 3.05) is 57.3 Å². The van der Waals surface area contributed by atoms with Gasteiger partial charge in [-0.25, -0.2) is 8.78 Å². The number of amides is 2. The van der Waals surface area contributed by atoms with Crippen LogP contribution in [0.15, 0.2) is 18.2 Å². The molecule has 3 rings (SSSR count). The van der Waals surface area contributed by atoms with Crippen LogP contribution >= 0.6 is 12.4 Å². The summed E-state index contributed by atoms with van der Waals surface area (Å²) in [5.74, 6) is -1.13. The third-order valence-electron chi connectivity index (χ3n) is 4.39. The van der Waals surface area contributed by atoms with Crippen LogP contribution in [0.5, 0.6) is 0 Å². The van der Waals surface area contributed by atoms with E-state index in [1.165, 1.54) is 6.07 Å². The number of halogens is 3. The van der Waals surface area contributed by atoms with Crippen molar-refractivity contribution in [3.8, 4) is 0 Å². The number of piperazine rings is 2. The van der Waals surface area contributed by atoms with E-state index in [9.17, 15) is 18.4 Å². The van der Waals surface area contributed by atoms with E-state index in [-0.39, 0.29) is 43.0 Å². The highest BCUT2D eigenvalue weighted by molar-refractivity contribution is 5.86. The van der Waals surface area contributed by atoms with E-state index >= 15 is 0 Å². The second kappa shape index (κ2) is 8.44. The van der Waals surface area contributed by atoms with Gasteiger partial charge in [-0.1, -0.05) is 0 Å². The zero-order chi connectivity index (χ0) is 17.1. The van der Waals surface area contributed by atoms with Gasteiger partial charge >= 0.3 is 0 Å². The summed E-state index contributed by atoms with van der Waals surface area (Å²) in [4.78, 5) is 29.0. The SMILES string of the molecule is Cl.O=C(CN1CCNCC1=O)N1CCN(c2cc(F)ccc2F)CC1. The van der Waals surface area contributed by atoms with Crippen LogP contribution in [0.3, 0.4) is 0 Å². The second-order valence-electron chi connectivity index (χ2n) is 5.96. The molecule has 0 saturated carbocycles. The van der Waals surface area contributed by atoms with Crippen LogP contribution in [0.1, 0.15) is 0 Å². The Morgan fingerprint density at radius 2 is 1.84 bits per heavy atom. The summed E-state index contributed by atoms with van der Waals surface area (Å²) in [6.07, 6.45) is 0. The molecule has 2 heterocycles. The Morgan fingerprint density at radius 3 is 2.52 bits per heavy atom. The number of hydrogen-bond acceptors (Lipinski definition) is 4. The van der Waals surface area contributed by atoms with Gasteiger partial charge in [-0.3, -0.25) is 9.59 Å².